The van der Waals surface area contributed by atoms with Crippen molar-refractivity contribution in [3.05, 3.63) is 59.9 Å². The fraction of sp³-hybridized carbons (Fsp3) is 0.250. The van der Waals surface area contributed by atoms with Crippen molar-refractivity contribution >= 4 is 28.9 Å². The number of benzene rings is 2. The number of rotatable bonds is 4. The van der Waals surface area contributed by atoms with Crippen molar-refractivity contribution in [2.24, 2.45) is 0 Å². The average molecular weight is 437 g/mol. The summed E-state index contributed by atoms with van der Waals surface area (Å²) in [5, 5.41) is 17.6. The molecule has 0 spiro atoms. The number of phenols is 1. The molecule has 0 saturated carbocycles. The van der Waals surface area contributed by atoms with Gasteiger partial charge in [-0.15, -0.1) is 0 Å². The number of pyridine rings is 1. The minimum absolute atomic E-state index is 0.165. The molecule has 0 unspecified atom stereocenters. The van der Waals surface area contributed by atoms with Gasteiger partial charge in [0.1, 0.15) is 5.75 Å². The maximum atomic E-state index is 11.3. The van der Waals surface area contributed by atoms with Gasteiger partial charge in [-0.1, -0.05) is 35.9 Å². The first-order valence-electron chi connectivity index (χ1n) is 10.3. The number of phenolic OH excluding ortho intramolecular Hbond substituents is 1. The predicted molar refractivity (Wildman–Crippen MR) is 126 cm³/mol. The Kier molecular flexibility index (Phi) is 6.11. The van der Waals surface area contributed by atoms with Gasteiger partial charge in [-0.05, 0) is 30.7 Å². The van der Waals surface area contributed by atoms with E-state index in [-0.39, 0.29) is 11.7 Å². The van der Waals surface area contributed by atoms with E-state index in [4.69, 9.17) is 11.6 Å². The number of hydrogen-bond donors (Lipinski definition) is 3. The first-order chi connectivity index (χ1) is 14.9. The molecule has 0 radical (unpaired) electrons. The fourth-order valence-corrected chi connectivity index (χ4v) is 4.13. The van der Waals surface area contributed by atoms with E-state index in [1.807, 2.05) is 30.5 Å². The highest BCUT2D eigenvalue weighted by atomic mass is 35.5. The number of carbonyl (C=O) groups excluding carboxylic acids is 1. The molecule has 1 amide bonds. The van der Waals surface area contributed by atoms with Crippen LogP contribution in [0.4, 0.5) is 11.4 Å². The molecular formula is C24H25ClN4O2. The van der Waals surface area contributed by atoms with E-state index >= 15 is 0 Å². The van der Waals surface area contributed by atoms with Gasteiger partial charge < -0.3 is 20.6 Å². The van der Waals surface area contributed by atoms with Crippen molar-refractivity contribution < 1.29 is 9.90 Å². The third kappa shape index (κ3) is 4.65. The van der Waals surface area contributed by atoms with E-state index < -0.39 is 0 Å². The molecule has 1 saturated heterocycles. The second-order valence-electron chi connectivity index (χ2n) is 7.81. The number of para-hydroxylation sites is 1. The molecule has 2 heterocycles. The average Bonchev–Trinajstić information content (AvgIpc) is 2.75. The third-order valence-electron chi connectivity index (χ3n) is 5.40. The Bertz CT molecular complexity index is 1120. The van der Waals surface area contributed by atoms with E-state index in [1.165, 1.54) is 6.92 Å². The summed E-state index contributed by atoms with van der Waals surface area (Å²) in [5.41, 5.74) is 4.56. The van der Waals surface area contributed by atoms with Crippen LogP contribution in [0.3, 0.4) is 0 Å². The van der Waals surface area contributed by atoms with Gasteiger partial charge in [0, 0.05) is 55.5 Å². The van der Waals surface area contributed by atoms with Gasteiger partial charge >= 0.3 is 0 Å². The summed E-state index contributed by atoms with van der Waals surface area (Å²) >= 11 is 6.33. The molecule has 2 aromatic carbocycles. The van der Waals surface area contributed by atoms with Crippen LogP contribution >= 0.6 is 11.6 Å². The lowest BCUT2D eigenvalue weighted by Crippen LogP contribution is -2.49. The molecule has 4 rings (SSSR count). The highest BCUT2D eigenvalue weighted by Gasteiger charge is 2.18. The van der Waals surface area contributed by atoms with Gasteiger partial charge in [-0.2, -0.15) is 0 Å². The number of nitrogens with zero attached hydrogens (tertiary/aromatic N) is 2. The molecule has 6 nitrogen and oxygen atoms in total. The molecule has 31 heavy (non-hydrogen) atoms. The lowest BCUT2D eigenvalue weighted by Gasteiger charge is -2.33. The van der Waals surface area contributed by atoms with E-state index in [9.17, 15) is 9.90 Å². The number of nitrogens with one attached hydrogen (secondary N) is 2. The molecule has 0 aliphatic carbocycles. The Labute approximate surface area is 186 Å². The predicted octanol–water partition coefficient (Wildman–Crippen LogP) is 4.53. The SMILES string of the molecule is CC(=O)Nc1ccc(-c2cccc(-c3cncc(N4CCN[C@H](C)C4)c3)c2O)cc1Cl. The number of piperazine rings is 1. The number of anilines is 2. The van der Waals surface area contributed by atoms with Crippen LogP contribution in [0.2, 0.25) is 5.02 Å². The van der Waals surface area contributed by atoms with Crippen LogP contribution in [0.25, 0.3) is 22.3 Å². The summed E-state index contributed by atoms with van der Waals surface area (Å²) in [5.74, 6) is -0.0239. The zero-order chi connectivity index (χ0) is 22.0. The highest BCUT2D eigenvalue weighted by molar-refractivity contribution is 6.34. The molecule has 3 aromatic rings. The molecular weight excluding hydrogens is 412 g/mol. The molecule has 7 heteroatoms. The number of aromatic nitrogens is 1. The van der Waals surface area contributed by atoms with Crippen LogP contribution in [-0.4, -0.2) is 41.7 Å². The van der Waals surface area contributed by atoms with Crippen LogP contribution in [0, 0.1) is 0 Å². The zero-order valence-corrected chi connectivity index (χ0v) is 18.3. The highest BCUT2D eigenvalue weighted by Crippen LogP contribution is 2.40. The lowest BCUT2D eigenvalue weighted by molar-refractivity contribution is -0.114. The standard InChI is InChI=1S/C24H25ClN4O2/c1-15-14-29(9-8-27-15)19-10-18(12-26-13-19)21-5-3-4-20(24(21)31)17-6-7-23(22(25)11-17)28-16(2)30/h3-7,10-13,15,27,31H,8-9,14H2,1-2H3,(H,28,30)/t15-/m1/s1. The summed E-state index contributed by atoms with van der Waals surface area (Å²) in [6, 6.07) is 13.4. The summed E-state index contributed by atoms with van der Waals surface area (Å²) in [4.78, 5) is 18.0. The maximum absolute atomic E-state index is 11.3. The molecule has 3 N–H and O–H groups in total. The number of carbonyl (C=O) groups is 1. The number of aromatic hydroxyl groups is 1. The van der Waals surface area contributed by atoms with Crippen molar-refractivity contribution in [1.82, 2.24) is 10.3 Å². The molecule has 1 aromatic heterocycles. The molecule has 1 atom stereocenters. The molecule has 1 fully saturated rings. The Hall–Kier alpha value is -3.09. The van der Waals surface area contributed by atoms with Gasteiger partial charge in [0.2, 0.25) is 5.91 Å². The first kappa shape index (κ1) is 21.2. The Morgan fingerprint density at radius 3 is 2.68 bits per heavy atom. The monoisotopic (exact) mass is 436 g/mol. The normalized spacial score (nSPS) is 16.2. The lowest BCUT2D eigenvalue weighted by atomic mass is 9.97. The Morgan fingerprint density at radius 1 is 1.19 bits per heavy atom. The number of amides is 1. The number of hydrogen-bond acceptors (Lipinski definition) is 5. The third-order valence-corrected chi connectivity index (χ3v) is 5.71. The Balaban J connectivity index is 1.68. The van der Waals surface area contributed by atoms with Crippen molar-refractivity contribution in [3.8, 4) is 28.0 Å². The van der Waals surface area contributed by atoms with E-state index in [0.29, 0.717) is 27.9 Å². The topological polar surface area (TPSA) is 77.5 Å². The first-order valence-corrected chi connectivity index (χ1v) is 10.6. The van der Waals surface area contributed by atoms with Crippen LogP contribution < -0.4 is 15.5 Å². The van der Waals surface area contributed by atoms with Crippen molar-refractivity contribution in [3.63, 3.8) is 0 Å². The van der Waals surface area contributed by atoms with Crippen molar-refractivity contribution in [1.29, 1.82) is 0 Å². The van der Waals surface area contributed by atoms with E-state index in [0.717, 1.165) is 36.4 Å². The van der Waals surface area contributed by atoms with Gasteiger partial charge in [0.05, 0.1) is 22.6 Å². The molecule has 0 bridgehead atoms. The van der Waals surface area contributed by atoms with Gasteiger partial charge in [-0.3, -0.25) is 9.78 Å². The van der Waals surface area contributed by atoms with Crippen LogP contribution in [0.5, 0.6) is 5.75 Å². The fourth-order valence-electron chi connectivity index (χ4n) is 3.90. The van der Waals surface area contributed by atoms with Crippen molar-refractivity contribution in [2.75, 3.05) is 29.9 Å². The van der Waals surface area contributed by atoms with Crippen LogP contribution in [0.1, 0.15) is 13.8 Å². The molecule has 1 aliphatic heterocycles. The summed E-state index contributed by atoms with van der Waals surface area (Å²) in [6.45, 7) is 6.36. The second-order valence-corrected chi connectivity index (χ2v) is 8.22. The maximum Gasteiger partial charge on any atom is 0.221 e. The minimum atomic E-state index is -0.189. The zero-order valence-electron chi connectivity index (χ0n) is 17.5. The van der Waals surface area contributed by atoms with Crippen molar-refractivity contribution in [2.45, 2.75) is 19.9 Å². The summed E-state index contributed by atoms with van der Waals surface area (Å²) in [6.07, 6.45) is 3.63. The van der Waals surface area contributed by atoms with Gasteiger partial charge in [0.15, 0.2) is 0 Å². The number of halogens is 1. The quantitative estimate of drug-likeness (QED) is 0.560. The van der Waals surface area contributed by atoms with Gasteiger partial charge in [-0.25, -0.2) is 0 Å². The van der Waals surface area contributed by atoms with E-state index in [1.54, 1.807) is 18.3 Å². The van der Waals surface area contributed by atoms with E-state index in [2.05, 4.69) is 33.5 Å². The molecule has 160 valence electrons. The largest absolute Gasteiger partial charge is 0.507 e. The van der Waals surface area contributed by atoms with Gasteiger partial charge in [0.25, 0.3) is 0 Å². The summed E-state index contributed by atoms with van der Waals surface area (Å²) in [7, 11) is 0. The van der Waals surface area contributed by atoms with Crippen LogP contribution in [0.15, 0.2) is 54.9 Å². The minimum Gasteiger partial charge on any atom is -0.507 e. The second kappa shape index (κ2) is 8.96. The smallest absolute Gasteiger partial charge is 0.221 e. The van der Waals surface area contributed by atoms with Crippen LogP contribution in [-0.2, 0) is 4.79 Å². The molecule has 1 aliphatic rings. The Morgan fingerprint density at radius 2 is 1.97 bits per heavy atom. The summed E-state index contributed by atoms with van der Waals surface area (Å²) < 4.78 is 0.